The van der Waals surface area contributed by atoms with Crippen LogP contribution in [0.3, 0.4) is 0 Å². The normalized spacial score (nSPS) is 15.8. The molecule has 0 bridgehead atoms. The number of nitrogens with zero attached hydrogens (tertiary/aromatic N) is 1. The highest BCUT2D eigenvalue weighted by Crippen LogP contribution is 2.19. The van der Waals surface area contributed by atoms with Gasteiger partial charge in [0.25, 0.3) is 0 Å². The van der Waals surface area contributed by atoms with Gasteiger partial charge in [-0.15, -0.1) is 0 Å². The van der Waals surface area contributed by atoms with E-state index in [0.29, 0.717) is 12.6 Å². The van der Waals surface area contributed by atoms with E-state index in [4.69, 9.17) is 4.74 Å². The molecule has 2 heterocycles. The summed E-state index contributed by atoms with van der Waals surface area (Å²) >= 11 is 0. The van der Waals surface area contributed by atoms with Crippen LogP contribution in [0.4, 0.5) is 0 Å². The van der Waals surface area contributed by atoms with Crippen molar-refractivity contribution in [3.05, 3.63) is 30.3 Å². The molecule has 0 aliphatic carbocycles. The van der Waals surface area contributed by atoms with Gasteiger partial charge in [-0.2, -0.15) is 0 Å². The van der Waals surface area contributed by atoms with E-state index in [9.17, 15) is 0 Å². The van der Waals surface area contributed by atoms with Crippen molar-refractivity contribution in [2.24, 2.45) is 4.99 Å². The van der Waals surface area contributed by atoms with Crippen LogP contribution >= 0.6 is 0 Å². The minimum atomic E-state index is 0.337. The third-order valence-corrected chi connectivity index (χ3v) is 3.37. The first kappa shape index (κ1) is 12.8. The van der Waals surface area contributed by atoms with Gasteiger partial charge >= 0.3 is 0 Å². The van der Waals surface area contributed by atoms with Crippen LogP contribution in [0.2, 0.25) is 0 Å². The van der Waals surface area contributed by atoms with E-state index >= 15 is 0 Å². The van der Waals surface area contributed by atoms with Crippen molar-refractivity contribution in [3.63, 3.8) is 0 Å². The Morgan fingerprint density at radius 3 is 3.10 bits per heavy atom. The van der Waals surface area contributed by atoms with Crippen molar-refractivity contribution in [2.75, 3.05) is 19.7 Å². The van der Waals surface area contributed by atoms with Crippen LogP contribution in [0.15, 0.2) is 35.3 Å². The third kappa shape index (κ3) is 3.04. The molecule has 1 atom stereocenters. The van der Waals surface area contributed by atoms with Crippen LogP contribution in [-0.2, 0) is 0 Å². The average Bonchev–Trinajstić information content (AvgIpc) is 3.07. The Balaban J connectivity index is 1.47. The van der Waals surface area contributed by atoms with Gasteiger partial charge < -0.3 is 20.4 Å². The second kappa shape index (κ2) is 5.86. The highest BCUT2D eigenvalue weighted by molar-refractivity contribution is 5.81. The number of benzene rings is 1. The zero-order valence-corrected chi connectivity index (χ0v) is 11.6. The number of para-hydroxylation sites is 1. The quantitative estimate of drug-likeness (QED) is 0.778. The Bertz CT molecular complexity index is 572. The van der Waals surface area contributed by atoms with E-state index in [2.05, 4.69) is 39.7 Å². The van der Waals surface area contributed by atoms with Gasteiger partial charge in [0, 0.05) is 36.0 Å². The molecule has 2 aromatic rings. The predicted molar refractivity (Wildman–Crippen MR) is 81.3 cm³/mol. The number of ether oxygens (including phenoxy) is 1. The maximum Gasteiger partial charge on any atom is 0.191 e. The molecular weight excluding hydrogens is 252 g/mol. The van der Waals surface area contributed by atoms with Crippen LogP contribution in [-0.4, -0.2) is 36.7 Å². The van der Waals surface area contributed by atoms with Gasteiger partial charge in [0.15, 0.2) is 11.8 Å². The van der Waals surface area contributed by atoms with E-state index in [0.717, 1.165) is 36.9 Å². The lowest BCUT2D eigenvalue weighted by atomic mass is 10.2. The smallest absolute Gasteiger partial charge is 0.191 e. The standard InChI is InChI=1S/C15H20N4O/c1-11(18-15-16-7-8-17-15)6-9-20-14-10-12-4-2-3-5-13(12)19-14/h2-5,10-11,19H,6-9H2,1H3,(H2,16,17,18). The monoisotopic (exact) mass is 272 g/mol. The van der Waals surface area contributed by atoms with E-state index in [1.807, 2.05) is 18.2 Å². The Morgan fingerprint density at radius 1 is 1.40 bits per heavy atom. The fraction of sp³-hybridized carbons (Fsp3) is 0.400. The number of guanidine groups is 1. The molecule has 0 radical (unpaired) electrons. The maximum atomic E-state index is 5.77. The Morgan fingerprint density at radius 2 is 2.30 bits per heavy atom. The van der Waals surface area contributed by atoms with Crippen LogP contribution in [0.1, 0.15) is 13.3 Å². The van der Waals surface area contributed by atoms with Crippen molar-refractivity contribution in [3.8, 4) is 5.88 Å². The summed E-state index contributed by atoms with van der Waals surface area (Å²) in [4.78, 5) is 7.58. The summed E-state index contributed by atoms with van der Waals surface area (Å²) in [6, 6.07) is 10.5. The van der Waals surface area contributed by atoms with Crippen LogP contribution in [0.25, 0.3) is 10.9 Å². The lowest BCUT2D eigenvalue weighted by molar-refractivity contribution is 0.288. The molecule has 1 unspecified atom stereocenters. The van der Waals surface area contributed by atoms with E-state index in [1.54, 1.807) is 0 Å². The van der Waals surface area contributed by atoms with Gasteiger partial charge in [-0.1, -0.05) is 18.2 Å². The number of hydrogen-bond acceptors (Lipinski definition) is 4. The molecule has 1 aliphatic rings. The molecule has 1 aliphatic heterocycles. The molecule has 3 rings (SSSR count). The Labute approximate surface area is 118 Å². The van der Waals surface area contributed by atoms with Gasteiger partial charge in [0.1, 0.15) is 0 Å². The molecule has 106 valence electrons. The zero-order chi connectivity index (χ0) is 13.8. The fourth-order valence-corrected chi connectivity index (χ4v) is 2.27. The number of nitrogens with one attached hydrogen (secondary N) is 3. The largest absolute Gasteiger partial charge is 0.479 e. The van der Waals surface area contributed by atoms with Crippen molar-refractivity contribution in [1.82, 2.24) is 15.6 Å². The summed E-state index contributed by atoms with van der Waals surface area (Å²) in [7, 11) is 0. The van der Waals surface area contributed by atoms with Crippen molar-refractivity contribution in [1.29, 1.82) is 0 Å². The first-order valence-electron chi connectivity index (χ1n) is 7.07. The first-order chi connectivity index (χ1) is 9.81. The van der Waals surface area contributed by atoms with Crippen LogP contribution in [0, 0.1) is 0 Å². The Kier molecular flexibility index (Phi) is 3.76. The molecular formula is C15H20N4O. The minimum Gasteiger partial charge on any atom is -0.479 e. The second-order valence-electron chi connectivity index (χ2n) is 5.06. The predicted octanol–water partition coefficient (Wildman–Crippen LogP) is 1.87. The summed E-state index contributed by atoms with van der Waals surface area (Å²) in [5.74, 6) is 1.73. The third-order valence-electron chi connectivity index (χ3n) is 3.37. The van der Waals surface area contributed by atoms with Gasteiger partial charge in [-0.3, -0.25) is 4.99 Å². The Hall–Kier alpha value is -2.17. The summed E-state index contributed by atoms with van der Waals surface area (Å²) in [6.45, 7) is 4.60. The summed E-state index contributed by atoms with van der Waals surface area (Å²) < 4.78 is 5.77. The molecule has 3 N–H and O–H groups in total. The van der Waals surface area contributed by atoms with Crippen molar-refractivity contribution in [2.45, 2.75) is 19.4 Å². The SMILES string of the molecule is CC(CCOc1cc2ccccc2[nH]1)NC1=NCCN1. The summed E-state index contributed by atoms with van der Waals surface area (Å²) in [5.41, 5.74) is 1.11. The molecule has 0 saturated heterocycles. The van der Waals surface area contributed by atoms with Gasteiger partial charge in [0.05, 0.1) is 13.2 Å². The molecule has 5 nitrogen and oxygen atoms in total. The number of aromatic amines is 1. The molecule has 5 heteroatoms. The molecule has 0 amide bonds. The number of hydrogen-bond donors (Lipinski definition) is 3. The number of rotatable bonds is 5. The maximum absolute atomic E-state index is 5.77. The second-order valence-corrected chi connectivity index (χ2v) is 5.06. The molecule has 1 aromatic heterocycles. The fourth-order valence-electron chi connectivity index (χ4n) is 2.27. The molecule has 0 fully saturated rings. The van der Waals surface area contributed by atoms with Crippen LogP contribution in [0.5, 0.6) is 5.88 Å². The number of aromatic nitrogens is 1. The zero-order valence-electron chi connectivity index (χ0n) is 11.6. The highest BCUT2D eigenvalue weighted by Gasteiger charge is 2.09. The first-order valence-corrected chi connectivity index (χ1v) is 7.07. The molecule has 20 heavy (non-hydrogen) atoms. The van der Waals surface area contributed by atoms with Gasteiger partial charge in [0.2, 0.25) is 0 Å². The number of H-pyrrole nitrogens is 1. The topological polar surface area (TPSA) is 61.4 Å². The van der Waals surface area contributed by atoms with Crippen LogP contribution < -0.4 is 15.4 Å². The van der Waals surface area contributed by atoms with Crippen molar-refractivity contribution >= 4 is 16.9 Å². The number of fused-ring (bicyclic) bond motifs is 1. The van der Waals surface area contributed by atoms with Gasteiger partial charge in [-0.05, 0) is 13.0 Å². The number of aliphatic imine (C=N–C) groups is 1. The highest BCUT2D eigenvalue weighted by atomic mass is 16.5. The summed E-state index contributed by atoms with van der Waals surface area (Å²) in [5, 5.41) is 7.72. The van der Waals surface area contributed by atoms with E-state index in [1.165, 1.54) is 5.39 Å². The van der Waals surface area contributed by atoms with Crippen molar-refractivity contribution < 1.29 is 4.74 Å². The lowest BCUT2D eigenvalue weighted by Gasteiger charge is -2.15. The molecule has 0 saturated carbocycles. The molecule has 1 aromatic carbocycles. The van der Waals surface area contributed by atoms with E-state index in [-0.39, 0.29) is 0 Å². The lowest BCUT2D eigenvalue weighted by Crippen LogP contribution is -2.40. The molecule has 0 spiro atoms. The van der Waals surface area contributed by atoms with Gasteiger partial charge in [-0.25, -0.2) is 0 Å². The summed E-state index contributed by atoms with van der Waals surface area (Å²) in [6.07, 6.45) is 0.927. The van der Waals surface area contributed by atoms with E-state index < -0.39 is 0 Å². The average molecular weight is 272 g/mol. The minimum absolute atomic E-state index is 0.337.